The van der Waals surface area contributed by atoms with Gasteiger partial charge in [0.15, 0.2) is 0 Å². The zero-order chi connectivity index (χ0) is 18.1. The summed E-state index contributed by atoms with van der Waals surface area (Å²) in [5, 5.41) is 1.99. The highest BCUT2D eigenvalue weighted by Gasteiger charge is 2.41. The third-order valence-corrected chi connectivity index (χ3v) is 6.09. The summed E-state index contributed by atoms with van der Waals surface area (Å²) >= 11 is 1.55. The molecule has 0 aromatic carbocycles. The minimum atomic E-state index is -0.0775. The molecule has 3 aliphatic rings. The van der Waals surface area contributed by atoms with E-state index in [4.69, 9.17) is 0 Å². The molecule has 3 aliphatic heterocycles. The van der Waals surface area contributed by atoms with Gasteiger partial charge in [-0.15, -0.1) is 11.3 Å². The van der Waals surface area contributed by atoms with E-state index in [2.05, 4.69) is 9.97 Å². The Balaban J connectivity index is 1.42. The zero-order valence-corrected chi connectivity index (χ0v) is 15.7. The van der Waals surface area contributed by atoms with Gasteiger partial charge in [0.05, 0.1) is 23.7 Å². The summed E-state index contributed by atoms with van der Waals surface area (Å²) in [7, 11) is 0. The lowest BCUT2D eigenvalue weighted by atomic mass is 9.94. The number of fused-ring (bicyclic) bond motifs is 4. The molecule has 3 saturated heterocycles. The third kappa shape index (κ3) is 3.38. The first-order valence-corrected chi connectivity index (χ1v) is 9.99. The van der Waals surface area contributed by atoms with Gasteiger partial charge in [0.1, 0.15) is 5.82 Å². The van der Waals surface area contributed by atoms with Gasteiger partial charge in [0, 0.05) is 49.9 Å². The van der Waals surface area contributed by atoms with Gasteiger partial charge < -0.3 is 14.4 Å². The van der Waals surface area contributed by atoms with Crippen molar-refractivity contribution >= 4 is 23.2 Å². The van der Waals surface area contributed by atoms with Crippen molar-refractivity contribution in [1.82, 2.24) is 24.3 Å². The molecule has 7 nitrogen and oxygen atoms in total. The maximum Gasteiger partial charge on any atom is 0.228 e. The van der Waals surface area contributed by atoms with Crippen LogP contribution in [0.3, 0.4) is 0 Å². The summed E-state index contributed by atoms with van der Waals surface area (Å²) in [6, 6.07) is 0.0990. The summed E-state index contributed by atoms with van der Waals surface area (Å²) < 4.78 is 1.99. The van der Waals surface area contributed by atoms with Crippen molar-refractivity contribution in [1.29, 1.82) is 0 Å². The van der Waals surface area contributed by atoms with Crippen LogP contribution in [-0.4, -0.2) is 55.3 Å². The molecule has 3 fully saturated rings. The number of nitrogens with zero attached hydrogens (tertiary/aromatic N) is 5. The predicted octanol–water partition coefficient (Wildman–Crippen LogP) is 1.69. The lowest BCUT2D eigenvalue weighted by Crippen LogP contribution is -2.47. The van der Waals surface area contributed by atoms with Crippen LogP contribution in [0.5, 0.6) is 0 Å². The topological polar surface area (TPSA) is 71.3 Å². The molecule has 0 aliphatic carbocycles. The lowest BCUT2D eigenvalue weighted by Gasteiger charge is -2.35. The number of carbonyl (C=O) groups is 2. The first kappa shape index (κ1) is 17.2. The largest absolute Gasteiger partial charge is 0.340 e. The van der Waals surface area contributed by atoms with E-state index in [9.17, 15) is 9.59 Å². The van der Waals surface area contributed by atoms with Crippen molar-refractivity contribution in [2.45, 2.75) is 45.3 Å². The van der Waals surface area contributed by atoms with Crippen molar-refractivity contribution in [2.75, 3.05) is 13.1 Å². The molecule has 0 unspecified atom stereocenters. The normalized spacial score (nSPS) is 22.7. The molecular formula is C18H23N5O2S. The van der Waals surface area contributed by atoms with E-state index < -0.39 is 0 Å². The van der Waals surface area contributed by atoms with E-state index in [0.29, 0.717) is 32.6 Å². The molecule has 2 amide bonds. The van der Waals surface area contributed by atoms with Gasteiger partial charge in [-0.3, -0.25) is 9.59 Å². The van der Waals surface area contributed by atoms with Gasteiger partial charge in [-0.25, -0.2) is 9.97 Å². The highest BCUT2D eigenvalue weighted by atomic mass is 32.1. The van der Waals surface area contributed by atoms with Gasteiger partial charge in [0.25, 0.3) is 0 Å². The fourth-order valence-corrected chi connectivity index (χ4v) is 4.51. The van der Waals surface area contributed by atoms with Crippen LogP contribution in [0.2, 0.25) is 0 Å². The van der Waals surface area contributed by atoms with Gasteiger partial charge in [-0.1, -0.05) is 0 Å². The highest BCUT2D eigenvalue weighted by molar-refractivity contribution is 7.07. The maximum atomic E-state index is 12.8. The van der Waals surface area contributed by atoms with Gasteiger partial charge in [-0.2, -0.15) is 0 Å². The third-order valence-electron chi connectivity index (χ3n) is 5.45. The molecule has 0 N–H and O–H groups in total. The number of aromatic nitrogens is 3. The molecular weight excluding hydrogens is 350 g/mol. The Bertz CT molecular complexity index is 787. The first-order chi connectivity index (χ1) is 12.6. The molecule has 2 aromatic rings. The van der Waals surface area contributed by atoms with Crippen molar-refractivity contribution in [3.05, 3.63) is 34.8 Å². The van der Waals surface area contributed by atoms with Gasteiger partial charge in [0.2, 0.25) is 11.8 Å². The van der Waals surface area contributed by atoms with Crippen LogP contribution >= 0.6 is 11.3 Å². The average molecular weight is 373 g/mol. The second-order valence-electron chi connectivity index (χ2n) is 7.09. The summed E-state index contributed by atoms with van der Waals surface area (Å²) in [5.74, 6) is 1.14. The number of thiazole rings is 1. The molecule has 0 spiro atoms. The fourth-order valence-electron chi connectivity index (χ4n) is 3.96. The van der Waals surface area contributed by atoms with E-state index >= 15 is 0 Å². The molecule has 8 heteroatoms. The van der Waals surface area contributed by atoms with E-state index in [-0.39, 0.29) is 23.8 Å². The Kier molecular flexibility index (Phi) is 4.76. The molecule has 0 saturated carbocycles. The maximum absolute atomic E-state index is 12.8. The molecule has 138 valence electrons. The Morgan fingerprint density at radius 1 is 1.31 bits per heavy atom. The molecule has 5 rings (SSSR count). The summed E-state index contributed by atoms with van der Waals surface area (Å²) in [6.07, 6.45) is 5.93. The van der Waals surface area contributed by atoms with Crippen LogP contribution in [0.4, 0.5) is 0 Å². The predicted molar refractivity (Wildman–Crippen MR) is 97.3 cm³/mol. The van der Waals surface area contributed by atoms with Crippen LogP contribution in [0.1, 0.15) is 30.8 Å². The number of rotatable bonds is 5. The fraction of sp³-hybridized carbons (Fsp3) is 0.556. The standard InChI is InChI=1S/C18H23N5O2S/c1-13-19-5-7-21(13)6-4-17(24)22-8-14-2-3-16(10-22)23(18(14)25)9-15-11-26-12-20-15/h5,7,11-12,14,16H,2-4,6,8-10H2,1H3/t14-,16+/m0/s1. The Morgan fingerprint density at radius 3 is 2.92 bits per heavy atom. The molecule has 5 heterocycles. The Labute approximate surface area is 156 Å². The van der Waals surface area contributed by atoms with Crippen LogP contribution < -0.4 is 0 Å². The summed E-state index contributed by atoms with van der Waals surface area (Å²) in [4.78, 5) is 37.9. The van der Waals surface area contributed by atoms with E-state index in [1.807, 2.05) is 32.9 Å². The number of carbonyl (C=O) groups excluding carboxylic acids is 2. The van der Waals surface area contributed by atoms with E-state index in [1.54, 1.807) is 23.0 Å². The first-order valence-electron chi connectivity index (χ1n) is 9.05. The van der Waals surface area contributed by atoms with Crippen LogP contribution in [0, 0.1) is 12.8 Å². The minimum Gasteiger partial charge on any atom is -0.340 e. The lowest BCUT2D eigenvalue weighted by molar-refractivity contribution is -0.140. The number of imidazole rings is 1. The minimum absolute atomic E-state index is 0.0775. The number of aryl methyl sites for hydroxylation is 2. The Hall–Kier alpha value is -2.22. The van der Waals surface area contributed by atoms with E-state index in [0.717, 1.165) is 24.4 Å². The molecule has 26 heavy (non-hydrogen) atoms. The summed E-state index contributed by atoms with van der Waals surface area (Å²) in [5.41, 5.74) is 2.73. The van der Waals surface area contributed by atoms with E-state index in [1.165, 1.54) is 0 Å². The number of hydrogen-bond donors (Lipinski definition) is 0. The molecule has 0 radical (unpaired) electrons. The SMILES string of the molecule is Cc1nccn1CCC(=O)N1C[C@@H]2CC[C@H](C1)N(Cc1cscn1)C2=O. The van der Waals surface area contributed by atoms with Crippen LogP contribution in [-0.2, 0) is 22.7 Å². The van der Waals surface area contributed by atoms with Crippen LogP contribution in [0.15, 0.2) is 23.3 Å². The summed E-state index contributed by atoms with van der Waals surface area (Å²) in [6.45, 7) is 4.30. The Morgan fingerprint density at radius 2 is 2.19 bits per heavy atom. The zero-order valence-electron chi connectivity index (χ0n) is 14.9. The average Bonchev–Trinajstić information content (AvgIpc) is 3.20. The van der Waals surface area contributed by atoms with Crippen molar-refractivity contribution in [2.24, 2.45) is 5.92 Å². The number of piperidine rings is 1. The molecule has 2 bridgehead atoms. The number of hydrogen-bond acceptors (Lipinski definition) is 5. The number of amides is 2. The van der Waals surface area contributed by atoms with Gasteiger partial charge >= 0.3 is 0 Å². The quantitative estimate of drug-likeness (QED) is 0.800. The monoisotopic (exact) mass is 373 g/mol. The second kappa shape index (κ2) is 7.19. The second-order valence-corrected chi connectivity index (χ2v) is 7.81. The molecule has 2 aromatic heterocycles. The van der Waals surface area contributed by atoms with Gasteiger partial charge in [-0.05, 0) is 19.8 Å². The smallest absolute Gasteiger partial charge is 0.228 e. The van der Waals surface area contributed by atoms with Crippen molar-refractivity contribution in [3.8, 4) is 0 Å². The van der Waals surface area contributed by atoms with Crippen LogP contribution in [0.25, 0.3) is 0 Å². The van der Waals surface area contributed by atoms with Crippen molar-refractivity contribution in [3.63, 3.8) is 0 Å². The highest BCUT2D eigenvalue weighted by Crippen LogP contribution is 2.30. The van der Waals surface area contributed by atoms with Crippen molar-refractivity contribution < 1.29 is 9.59 Å². The molecule has 2 atom stereocenters.